The average Bonchev–Trinajstić information content (AvgIpc) is 2.15. The van der Waals surface area contributed by atoms with E-state index in [1.54, 1.807) is 24.4 Å². The van der Waals surface area contributed by atoms with Gasteiger partial charge in [0.1, 0.15) is 5.82 Å². The van der Waals surface area contributed by atoms with Gasteiger partial charge in [-0.1, -0.05) is 6.08 Å². The Morgan fingerprint density at radius 2 is 2.58 bits per heavy atom. The second-order valence-electron chi connectivity index (χ2n) is 2.21. The molecule has 1 aromatic heterocycles. The van der Waals surface area contributed by atoms with Gasteiger partial charge in [0.15, 0.2) is 0 Å². The van der Waals surface area contributed by atoms with Crippen LogP contribution < -0.4 is 5.32 Å². The Morgan fingerprint density at radius 3 is 3.25 bits per heavy atom. The Morgan fingerprint density at radius 1 is 1.75 bits per heavy atom. The zero-order valence-electron chi connectivity index (χ0n) is 6.62. The predicted molar refractivity (Wildman–Crippen MR) is 47.6 cm³/mol. The SMILES string of the molecule is C=CCNc1cc(C#N)ccn1. The van der Waals surface area contributed by atoms with E-state index in [1.165, 1.54) is 0 Å². The van der Waals surface area contributed by atoms with Crippen LogP contribution in [0.15, 0.2) is 31.0 Å². The van der Waals surface area contributed by atoms with Gasteiger partial charge in [-0.15, -0.1) is 6.58 Å². The van der Waals surface area contributed by atoms with E-state index in [2.05, 4.69) is 16.9 Å². The number of hydrogen-bond donors (Lipinski definition) is 1. The van der Waals surface area contributed by atoms with Crippen LogP contribution in [-0.4, -0.2) is 11.5 Å². The highest BCUT2D eigenvalue weighted by Gasteiger charge is 1.92. The molecule has 0 fully saturated rings. The number of anilines is 1. The van der Waals surface area contributed by atoms with Crippen LogP contribution in [0, 0.1) is 11.3 Å². The standard InChI is InChI=1S/C9H9N3/c1-2-4-11-9-6-8(7-10)3-5-12-9/h2-3,5-6H,1,4H2,(H,11,12). The quantitative estimate of drug-likeness (QED) is 0.681. The Hall–Kier alpha value is -1.82. The van der Waals surface area contributed by atoms with Crippen molar-refractivity contribution in [3.63, 3.8) is 0 Å². The molecule has 1 N–H and O–H groups in total. The van der Waals surface area contributed by atoms with E-state index < -0.39 is 0 Å². The number of nitriles is 1. The molecular formula is C9H9N3. The van der Waals surface area contributed by atoms with Crippen LogP contribution in [0.25, 0.3) is 0 Å². The zero-order chi connectivity index (χ0) is 8.81. The van der Waals surface area contributed by atoms with Crippen LogP contribution in [0.4, 0.5) is 5.82 Å². The molecule has 1 rings (SSSR count). The Bertz CT molecular complexity index is 312. The van der Waals surface area contributed by atoms with Crippen LogP contribution in [0.1, 0.15) is 5.56 Å². The number of aromatic nitrogens is 1. The molecule has 0 aromatic carbocycles. The lowest BCUT2D eigenvalue weighted by molar-refractivity contribution is 1.22. The summed E-state index contributed by atoms with van der Waals surface area (Å²) in [7, 11) is 0. The first-order valence-corrected chi connectivity index (χ1v) is 3.57. The molecule has 3 heteroatoms. The first-order valence-electron chi connectivity index (χ1n) is 3.57. The summed E-state index contributed by atoms with van der Waals surface area (Å²) in [5.41, 5.74) is 0.608. The second kappa shape index (κ2) is 4.14. The zero-order valence-corrected chi connectivity index (χ0v) is 6.62. The topological polar surface area (TPSA) is 48.7 Å². The summed E-state index contributed by atoms with van der Waals surface area (Å²) in [4.78, 5) is 4.01. The number of pyridine rings is 1. The number of rotatable bonds is 3. The number of nitrogens with one attached hydrogen (secondary N) is 1. The van der Waals surface area contributed by atoms with E-state index >= 15 is 0 Å². The van der Waals surface area contributed by atoms with Gasteiger partial charge >= 0.3 is 0 Å². The maximum absolute atomic E-state index is 8.56. The summed E-state index contributed by atoms with van der Waals surface area (Å²) in [5, 5.41) is 11.6. The molecule has 0 aliphatic rings. The van der Waals surface area contributed by atoms with Gasteiger partial charge in [-0.3, -0.25) is 0 Å². The highest BCUT2D eigenvalue weighted by molar-refractivity contribution is 5.42. The molecule has 12 heavy (non-hydrogen) atoms. The lowest BCUT2D eigenvalue weighted by Gasteiger charge is -2.00. The van der Waals surface area contributed by atoms with Crippen molar-refractivity contribution >= 4 is 5.82 Å². The van der Waals surface area contributed by atoms with Gasteiger partial charge in [0, 0.05) is 12.7 Å². The van der Waals surface area contributed by atoms with Gasteiger partial charge in [-0.25, -0.2) is 4.98 Å². The molecule has 1 heterocycles. The highest BCUT2D eigenvalue weighted by atomic mass is 15.0. The minimum absolute atomic E-state index is 0.608. The predicted octanol–water partition coefficient (Wildman–Crippen LogP) is 1.55. The molecule has 0 saturated carbocycles. The molecule has 0 radical (unpaired) electrons. The molecule has 0 unspecified atom stereocenters. The maximum atomic E-state index is 8.56. The summed E-state index contributed by atoms with van der Waals surface area (Å²) >= 11 is 0. The van der Waals surface area contributed by atoms with Crippen molar-refractivity contribution in [3.05, 3.63) is 36.5 Å². The van der Waals surface area contributed by atoms with E-state index in [0.717, 1.165) is 0 Å². The molecule has 0 amide bonds. The maximum Gasteiger partial charge on any atom is 0.127 e. The van der Waals surface area contributed by atoms with Crippen LogP contribution in [0.5, 0.6) is 0 Å². The Labute approximate surface area is 71.4 Å². The van der Waals surface area contributed by atoms with E-state index in [1.807, 2.05) is 6.07 Å². The van der Waals surface area contributed by atoms with E-state index in [4.69, 9.17) is 5.26 Å². The van der Waals surface area contributed by atoms with E-state index in [0.29, 0.717) is 17.9 Å². The minimum atomic E-state index is 0.608. The third-order valence-electron chi connectivity index (χ3n) is 1.32. The molecule has 60 valence electrons. The third-order valence-corrected chi connectivity index (χ3v) is 1.32. The smallest absolute Gasteiger partial charge is 0.127 e. The molecule has 0 bridgehead atoms. The molecule has 0 spiro atoms. The average molecular weight is 159 g/mol. The van der Waals surface area contributed by atoms with Crippen LogP contribution in [-0.2, 0) is 0 Å². The van der Waals surface area contributed by atoms with Gasteiger partial charge in [0.05, 0.1) is 11.6 Å². The third kappa shape index (κ3) is 2.10. The van der Waals surface area contributed by atoms with Crippen LogP contribution in [0.3, 0.4) is 0 Å². The molecule has 3 nitrogen and oxygen atoms in total. The number of nitrogens with zero attached hydrogens (tertiary/aromatic N) is 2. The summed E-state index contributed by atoms with van der Waals surface area (Å²) in [6, 6.07) is 5.40. The van der Waals surface area contributed by atoms with E-state index in [9.17, 15) is 0 Å². The fourth-order valence-electron chi connectivity index (χ4n) is 0.773. The van der Waals surface area contributed by atoms with Crippen molar-refractivity contribution in [3.8, 4) is 6.07 Å². The second-order valence-corrected chi connectivity index (χ2v) is 2.21. The van der Waals surface area contributed by atoms with E-state index in [-0.39, 0.29) is 0 Å². The normalized spacial score (nSPS) is 8.58. The molecule has 0 aliphatic carbocycles. The van der Waals surface area contributed by atoms with Crippen LogP contribution in [0.2, 0.25) is 0 Å². The minimum Gasteiger partial charge on any atom is -0.367 e. The van der Waals surface area contributed by atoms with Gasteiger partial charge in [-0.05, 0) is 12.1 Å². The molecular weight excluding hydrogens is 150 g/mol. The summed E-state index contributed by atoms with van der Waals surface area (Å²) in [6.07, 6.45) is 3.34. The largest absolute Gasteiger partial charge is 0.367 e. The molecule has 0 saturated heterocycles. The van der Waals surface area contributed by atoms with Crippen LogP contribution >= 0.6 is 0 Å². The van der Waals surface area contributed by atoms with Gasteiger partial charge in [-0.2, -0.15) is 5.26 Å². The Kier molecular flexibility index (Phi) is 2.86. The van der Waals surface area contributed by atoms with Crippen molar-refractivity contribution in [2.45, 2.75) is 0 Å². The first-order chi connectivity index (χ1) is 5.86. The van der Waals surface area contributed by atoms with Crippen molar-refractivity contribution < 1.29 is 0 Å². The fourth-order valence-corrected chi connectivity index (χ4v) is 0.773. The molecule has 0 atom stereocenters. The monoisotopic (exact) mass is 159 g/mol. The number of hydrogen-bond acceptors (Lipinski definition) is 3. The van der Waals surface area contributed by atoms with Gasteiger partial charge in [0.25, 0.3) is 0 Å². The Balaban J connectivity index is 2.74. The fraction of sp³-hybridized carbons (Fsp3) is 0.111. The molecule has 0 aliphatic heterocycles. The van der Waals surface area contributed by atoms with Crippen molar-refractivity contribution in [1.82, 2.24) is 4.98 Å². The highest BCUT2D eigenvalue weighted by Crippen LogP contribution is 2.04. The van der Waals surface area contributed by atoms with Gasteiger partial charge in [0.2, 0.25) is 0 Å². The first kappa shape index (κ1) is 8.28. The summed E-state index contributed by atoms with van der Waals surface area (Å²) in [5.74, 6) is 0.703. The van der Waals surface area contributed by atoms with Gasteiger partial charge < -0.3 is 5.32 Å². The van der Waals surface area contributed by atoms with Crippen molar-refractivity contribution in [1.29, 1.82) is 5.26 Å². The molecule has 1 aromatic rings. The summed E-state index contributed by atoms with van der Waals surface area (Å²) < 4.78 is 0. The lowest BCUT2D eigenvalue weighted by atomic mass is 10.3. The van der Waals surface area contributed by atoms with Crippen molar-refractivity contribution in [2.75, 3.05) is 11.9 Å². The lowest BCUT2D eigenvalue weighted by Crippen LogP contribution is -1.99. The summed E-state index contributed by atoms with van der Waals surface area (Å²) in [6.45, 7) is 4.22. The van der Waals surface area contributed by atoms with Crippen molar-refractivity contribution in [2.24, 2.45) is 0 Å².